The van der Waals surface area contributed by atoms with E-state index in [1.807, 2.05) is 26.7 Å². The van der Waals surface area contributed by atoms with E-state index in [0.717, 1.165) is 44.1 Å². The molecule has 3 fully saturated rings. The lowest BCUT2D eigenvalue weighted by molar-refractivity contribution is 0.0258. The maximum Gasteiger partial charge on any atom is 0.271 e. The first kappa shape index (κ1) is 44.9. The fourth-order valence-corrected chi connectivity index (χ4v) is 6.99. The van der Waals surface area contributed by atoms with Gasteiger partial charge in [-0.3, -0.25) is 9.69 Å². The highest BCUT2D eigenvalue weighted by Gasteiger charge is 2.19. The van der Waals surface area contributed by atoms with E-state index in [4.69, 9.17) is 65.8 Å². The van der Waals surface area contributed by atoms with Crippen molar-refractivity contribution in [1.82, 2.24) is 25.4 Å². The predicted octanol–water partition coefficient (Wildman–Crippen LogP) is 6.20. The largest absolute Gasteiger partial charge is 0.397 e. The Balaban J connectivity index is 0.000000327. The van der Waals surface area contributed by atoms with Crippen LogP contribution in [-0.4, -0.2) is 92.9 Å². The number of hydroxylamine groups is 1. The molecule has 3 aromatic heterocycles. The molecule has 0 saturated carbocycles. The number of hydrogen-bond acceptors (Lipinski definition) is 16. The molecular weight excluding hydrogens is 737 g/mol. The van der Waals surface area contributed by atoms with Crippen LogP contribution in [0.25, 0.3) is 10.8 Å². The van der Waals surface area contributed by atoms with Gasteiger partial charge in [0.05, 0.1) is 10.0 Å². The minimum absolute atomic E-state index is 0.250. The highest BCUT2D eigenvalue weighted by Crippen LogP contribution is 2.33. The van der Waals surface area contributed by atoms with Crippen molar-refractivity contribution in [3.63, 3.8) is 0 Å². The molecule has 276 valence electrons. The van der Waals surface area contributed by atoms with Crippen LogP contribution in [0.4, 0.5) is 5.95 Å². The Morgan fingerprint density at radius 1 is 0.980 bits per heavy atom. The molecule has 3 aromatic rings. The standard InChI is InChI=1S/C11H12ClN3OS.C6H15N3O.C6H10N2.C5H2Cl2OS.C2H6O.H3NO/c12-8-4-7-17-9(8)10-13-11(14-16-10)15-5-2-1-3-6-15;7-6(8-10)9-4-2-1-3-5-9;7-6-8-4-2-1-3-5-8;6-3-1-2-9-4(3)5(7)8;1-2-3;1-2/h4,7H,1-3,5-6H2;6,8,10H,1-5,7H2;1-5H2;1-2H;3H,2H2,1H3;2H,1H2. The van der Waals surface area contributed by atoms with Gasteiger partial charge in [-0.15, -0.1) is 22.7 Å². The fourth-order valence-electron chi connectivity index (χ4n) is 4.68. The van der Waals surface area contributed by atoms with E-state index in [-0.39, 0.29) is 12.9 Å². The molecule has 14 nitrogen and oxygen atoms in total. The summed E-state index contributed by atoms with van der Waals surface area (Å²) in [6.45, 7) is 7.91. The van der Waals surface area contributed by atoms with Crippen molar-refractivity contribution in [3.8, 4) is 17.0 Å². The molecule has 3 saturated heterocycles. The molecule has 19 heteroatoms. The first-order valence-corrected chi connectivity index (χ1v) is 18.8. The number of nitrogens with two attached hydrogens (primary N) is 2. The van der Waals surface area contributed by atoms with Crippen molar-refractivity contribution in [2.75, 3.05) is 50.8 Å². The lowest BCUT2D eigenvalue weighted by Crippen LogP contribution is -2.52. The molecule has 0 spiro atoms. The van der Waals surface area contributed by atoms with E-state index in [1.165, 1.54) is 80.5 Å². The lowest BCUT2D eigenvalue weighted by atomic mass is 10.1. The number of nitriles is 1. The third-order valence-electron chi connectivity index (χ3n) is 7.08. The van der Waals surface area contributed by atoms with Crippen LogP contribution in [0.3, 0.4) is 0 Å². The number of hydrogen-bond donors (Lipinski definition) is 6. The Bertz CT molecular complexity index is 1310. The van der Waals surface area contributed by atoms with Gasteiger partial charge in [-0.05, 0) is 97.9 Å². The number of carbonyl (C=O) groups is 1. The maximum atomic E-state index is 10.4. The molecule has 1 atom stereocenters. The van der Waals surface area contributed by atoms with Gasteiger partial charge in [0.2, 0.25) is 0 Å². The Morgan fingerprint density at radius 3 is 1.90 bits per heavy atom. The van der Waals surface area contributed by atoms with Gasteiger partial charge in [-0.1, -0.05) is 29.6 Å². The SMILES string of the molecule is CCO.Clc1ccsc1-c1nc(N2CCCCC2)no1.N#CN1CCCCC1.NC(NO)N1CCCCC1.NO.O=C(Cl)c1sccc1Cl. The number of halogens is 3. The third kappa shape index (κ3) is 17.6. The van der Waals surface area contributed by atoms with E-state index in [0.29, 0.717) is 26.8 Å². The van der Waals surface area contributed by atoms with Crippen LogP contribution in [-0.2, 0) is 0 Å². The van der Waals surface area contributed by atoms with Crippen molar-refractivity contribution >= 4 is 68.7 Å². The summed E-state index contributed by atoms with van der Waals surface area (Å²) in [5, 5.41) is 39.2. The van der Waals surface area contributed by atoms with Crippen molar-refractivity contribution in [2.45, 2.75) is 71.0 Å². The minimum Gasteiger partial charge on any atom is -0.397 e. The highest BCUT2D eigenvalue weighted by atomic mass is 35.5. The molecule has 0 bridgehead atoms. The van der Waals surface area contributed by atoms with Gasteiger partial charge in [0.25, 0.3) is 17.1 Å². The molecule has 0 amide bonds. The normalized spacial score (nSPS) is 16.2. The Kier molecular flexibility index (Phi) is 25.3. The second-order valence-corrected chi connectivity index (χ2v) is 13.5. The average Bonchev–Trinajstić information content (AvgIpc) is 3.92. The summed E-state index contributed by atoms with van der Waals surface area (Å²) in [6, 6.07) is 3.48. The van der Waals surface area contributed by atoms with Gasteiger partial charge in [0.1, 0.15) is 16.0 Å². The molecule has 0 radical (unpaired) electrons. The summed E-state index contributed by atoms with van der Waals surface area (Å²) in [5.41, 5.74) is 7.55. The van der Waals surface area contributed by atoms with Gasteiger partial charge >= 0.3 is 0 Å². The zero-order valence-electron chi connectivity index (χ0n) is 27.6. The number of aliphatic hydroxyl groups excluding tert-OH is 1. The number of aromatic nitrogens is 2. The predicted molar refractivity (Wildman–Crippen MR) is 196 cm³/mol. The number of rotatable bonds is 5. The second kappa shape index (κ2) is 27.6. The monoisotopic (exact) mass is 783 g/mol. The Morgan fingerprint density at radius 2 is 1.49 bits per heavy atom. The van der Waals surface area contributed by atoms with E-state index >= 15 is 0 Å². The quantitative estimate of drug-likeness (QED) is 0.0736. The van der Waals surface area contributed by atoms with Gasteiger partial charge < -0.3 is 35.6 Å². The average molecular weight is 785 g/mol. The van der Waals surface area contributed by atoms with Gasteiger partial charge in [0, 0.05) is 45.9 Å². The molecule has 1 unspecified atom stereocenters. The summed E-state index contributed by atoms with van der Waals surface area (Å²) >= 11 is 19.5. The molecular formula is C30H48Cl3N9O5S2. The van der Waals surface area contributed by atoms with Crippen LogP contribution < -0.4 is 22.0 Å². The smallest absolute Gasteiger partial charge is 0.271 e. The molecule has 0 aromatic carbocycles. The molecule has 49 heavy (non-hydrogen) atoms. The number of nitrogens with one attached hydrogen (secondary N) is 1. The van der Waals surface area contributed by atoms with E-state index in [9.17, 15) is 4.79 Å². The van der Waals surface area contributed by atoms with Crippen LogP contribution >= 0.6 is 57.5 Å². The summed E-state index contributed by atoms with van der Waals surface area (Å²) in [5.74, 6) is 4.70. The second-order valence-electron chi connectivity index (χ2n) is 10.6. The summed E-state index contributed by atoms with van der Waals surface area (Å²) in [7, 11) is 0. The van der Waals surface area contributed by atoms with Gasteiger partial charge in [-0.25, -0.2) is 5.90 Å². The van der Waals surface area contributed by atoms with Crippen LogP contribution in [0.1, 0.15) is 74.4 Å². The number of likely N-dealkylation sites (tertiary alicyclic amines) is 2. The number of nitrogens with zero attached hydrogens (tertiary/aromatic N) is 6. The highest BCUT2D eigenvalue weighted by molar-refractivity contribution is 7.14. The molecule has 8 N–H and O–H groups in total. The van der Waals surface area contributed by atoms with Gasteiger partial charge in [-0.2, -0.15) is 15.7 Å². The zero-order chi connectivity index (χ0) is 36.4. The van der Waals surface area contributed by atoms with Crippen LogP contribution in [0, 0.1) is 11.5 Å². The number of anilines is 1. The number of aliphatic hydroxyl groups is 1. The molecule has 0 aliphatic carbocycles. The third-order valence-corrected chi connectivity index (χ3v) is 10.0. The molecule has 6 rings (SSSR count). The number of thiophene rings is 2. The van der Waals surface area contributed by atoms with Crippen LogP contribution in [0.15, 0.2) is 27.4 Å². The van der Waals surface area contributed by atoms with Crippen molar-refractivity contribution in [2.24, 2.45) is 11.6 Å². The van der Waals surface area contributed by atoms with Crippen molar-refractivity contribution < 1.29 is 24.8 Å². The summed E-state index contributed by atoms with van der Waals surface area (Å²) < 4.78 is 5.27. The maximum absolute atomic E-state index is 10.4. The van der Waals surface area contributed by atoms with Crippen LogP contribution in [0.5, 0.6) is 0 Å². The lowest BCUT2D eigenvalue weighted by Gasteiger charge is -2.30. The molecule has 3 aliphatic heterocycles. The summed E-state index contributed by atoms with van der Waals surface area (Å²) in [6.07, 6.45) is 12.8. The van der Waals surface area contributed by atoms with Crippen LogP contribution in [0.2, 0.25) is 10.0 Å². The zero-order valence-corrected chi connectivity index (χ0v) is 31.5. The number of carbonyl (C=O) groups excluding carboxylic acids is 1. The Hall–Kier alpha value is -2.11. The fraction of sp³-hybridized carbons (Fsp3) is 0.600. The summed E-state index contributed by atoms with van der Waals surface area (Å²) in [4.78, 5) is 22.1. The first-order chi connectivity index (χ1) is 23.7. The van der Waals surface area contributed by atoms with Crippen molar-refractivity contribution in [3.05, 3.63) is 37.8 Å². The van der Waals surface area contributed by atoms with Crippen molar-refractivity contribution in [1.29, 1.82) is 5.26 Å². The Labute approximate surface area is 311 Å². The van der Waals surface area contributed by atoms with E-state index < -0.39 is 5.24 Å². The van der Waals surface area contributed by atoms with E-state index in [1.54, 1.807) is 18.4 Å². The first-order valence-electron chi connectivity index (χ1n) is 15.9. The molecule has 6 heterocycles. The van der Waals surface area contributed by atoms with E-state index in [2.05, 4.69) is 27.1 Å². The van der Waals surface area contributed by atoms with Gasteiger partial charge in [0.15, 0.2) is 6.19 Å². The molecule has 3 aliphatic rings. The minimum atomic E-state index is -0.491. The topological polar surface area (TPSA) is 214 Å². The number of piperidine rings is 3.